The third kappa shape index (κ3) is 4.39. The number of carbonyl (C=O) groups is 3. The summed E-state index contributed by atoms with van der Waals surface area (Å²) in [5.41, 5.74) is 2.76. The van der Waals surface area contributed by atoms with E-state index in [9.17, 15) is 14.4 Å². The molecule has 1 aliphatic rings. The molecule has 1 aliphatic heterocycles. The molecule has 6 nitrogen and oxygen atoms in total. The van der Waals surface area contributed by atoms with Crippen molar-refractivity contribution in [3.05, 3.63) is 65.2 Å². The van der Waals surface area contributed by atoms with Crippen LogP contribution in [0.4, 0.5) is 5.69 Å². The fraction of sp³-hybridized carbons (Fsp3) is 0.318. The van der Waals surface area contributed by atoms with Crippen molar-refractivity contribution >= 4 is 23.9 Å². The number of anilines is 1. The van der Waals surface area contributed by atoms with Crippen LogP contribution in [0.25, 0.3) is 0 Å². The van der Waals surface area contributed by atoms with Gasteiger partial charge in [0.15, 0.2) is 0 Å². The van der Waals surface area contributed by atoms with Gasteiger partial charge in [-0.1, -0.05) is 38.1 Å². The Bertz CT molecular complexity index is 871. The van der Waals surface area contributed by atoms with Crippen LogP contribution in [0.2, 0.25) is 0 Å². The normalized spacial score (nSPS) is 14.1. The fourth-order valence-electron chi connectivity index (χ4n) is 3.32. The minimum atomic E-state index is -0.242. The predicted molar refractivity (Wildman–Crippen MR) is 108 cm³/mol. The average molecular weight is 379 g/mol. The lowest BCUT2D eigenvalue weighted by molar-refractivity contribution is -0.119. The topological polar surface area (TPSA) is 69.7 Å². The second kappa shape index (κ2) is 8.69. The summed E-state index contributed by atoms with van der Waals surface area (Å²) in [6.07, 6.45) is 0.807. The highest BCUT2D eigenvalue weighted by atomic mass is 16.2. The summed E-state index contributed by atoms with van der Waals surface area (Å²) in [6.45, 7) is 6.21. The van der Waals surface area contributed by atoms with Crippen molar-refractivity contribution in [2.45, 2.75) is 19.8 Å². The first kappa shape index (κ1) is 19.6. The van der Waals surface area contributed by atoms with Gasteiger partial charge in [0.25, 0.3) is 11.8 Å². The first-order valence-corrected chi connectivity index (χ1v) is 9.48. The summed E-state index contributed by atoms with van der Waals surface area (Å²) in [7, 11) is 0. The third-order valence-electron chi connectivity index (χ3n) is 4.95. The van der Waals surface area contributed by atoms with Crippen LogP contribution in [0, 0.1) is 0 Å². The number of nitrogens with zero attached hydrogens (tertiary/aromatic N) is 2. The molecule has 1 heterocycles. The molecule has 2 aromatic carbocycles. The number of piperazine rings is 1. The van der Waals surface area contributed by atoms with Crippen LogP contribution >= 0.6 is 0 Å². The Morgan fingerprint density at radius 2 is 1.64 bits per heavy atom. The summed E-state index contributed by atoms with van der Waals surface area (Å²) in [5, 5.41) is 2.96. The number of benzene rings is 2. The van der Waals surface area contributed by atoms with Gasteiger partial charge in [-0.2, -0.15) is 0 Å². The van der Waals surface area contributed by atoms with Gasteiger partial charge >= 0.3 is 0 Å². The van der Waals surface area contributed by atoms with Gasteiger partial charge in [-0.3, -0.25) is 14.4 Å². The monoisotopic (exact) mass is 379 g/mol. The van der Waals surface area contributed by atoms with Gasteiger partial charge < -0.3 is 15.1 Å². The lowest BCUT2D eigenvalue weighted by Gasteiger charge is -2.32. The molecule has 0 atom stereocenters. The predicted octanol–water partition coefficient (Wildman–Crippen LogP) is 2.98. The Morgan fingerprint density at radius 3 is 2.32 bits per heavy atom. The molecule has 0 bridgehead atoms. The number of hydrogen-bond acceptors (Lipinski definition) is 3. The van der Waals surface area contributed by atoms with Gasteiger partial charge in [0.05, 0.1) is 0 Å². The van der Waals surface area contributed by atoms with Crippen LogP contribution in [-0.4, -0.2) is 54.2 Å². The van der Waals surface area contributed by atoms with E-state index in [4.69, 9.17) is 0 Å². The highest BCUT2D eigenvalue weighted by Gasteiger charge is 2.22. The standard InChI is InChI=1S/C22H25N3O3/c1-16(2)19-8-3-4-9-20(19)23-21(27)17-6-5-7-18(14-17)22(28)25-12-10-24(15-26)11-13-25/h3-9,14-16H,10-13H2,1-2H3,(H,23,27). The van der Waals surface area contributed by atoms with Crippen molar-refractivity contribution in [3.8, 4) is 0 Å². The Morgan fingerprint density at radius 1 is 0.964 bits per heavy atom. The van der Waals surface area contributed by atoms with E-state index in [1.54, 1.807) is 34.1 Å². The van der Waals surface area contributed by atoms with Gasteiger partial charge in [-0.15, -0.1) is 0 Å². The third-order valence-corrected chi connectivity index (χ3v) is 4.95. The van der Waals surface area contributed by atoms with E-state index in [1.807, 2.05) is 24.3 Å². The van der Waals surface area contributed by atoms with Gasteiger partial charge in [0.2, 0.25) is 6.41 Å². The number of carbonyl (C=O) groups excluding carboxylic acids is 3. The van der Waals surface area contributed by atoms with Crippen molar-refractivity contribution in [3.63, 3.8) is 0 Å². The van der Waals surface area contributed by atoms with Gasteiger partial charge in [-0.05, 0) is 35.7 Å². The molecule has 146 valence electrons. The minimum absolute atomic E-state index is 0.122. The molecule has 1 saturated heterocycles. The maximum absolute atomic E-state index is 12.8. The maximum atomic E-state index is 12.8. The smallest absolute Gasteiger partial charge is 0.255 e. The van der Waals surface area contributed by atoms with E-state index in [0.29, 0.717) is 37.3 Å². The molecule has 0 unspecified atom stereocenters. The molecular formula is C22H25N3O3. The number of para-hydroxylation sites is 1. The van der Waals surface area contributed by atoms with Crippen LogP contribution in [0.5, 0.6) is 0 Å². The first-order chi connectivity index (χ1) is 13.5. The van der Waals surface area contributed by atoms with Crippen LogP contribution in [0.1, 0.15) is 46.0 Å². The van der Waals surface area contributed by atoms with Gasteiger partial charge in [0.1, 0.15) is 0 Å². The van der Waals surface area contributed by atoms with Crippen molar-refractivity contribution in [2.75, 3.05) is 31.5 Å². The van der Waals surface area contributed by atoms with Crippen LogP contribution in [-0.2, 0) is 4.79 Å². The quantitative estimate of drug-likeness (QED) is 0.812. The molecule has 0 saturated carbocycles. The van der Waals surface area contributed by atoms with E-state index < -0.39 is 0 Å². The Balaban J connectivity index is 1.73. The van der Waals surface area contributed by atoms with E-state index in [0.717, 1.165) is 17.7 Å². The zero-order chi connectivity index (χ0) is 20.1. The zero-order valence-electron chi connectivity index (χ0n) is 16.2. The molecule has 0 radical (unpaired) electrons. The second-order valence-electron chi connectivity index (χ2n) is 7.21. The van der Waals surface area contributed by atoms with Crippen LogP contribution in [0.15, 0.2) is 48.5 Å². The van der Waals surface area contributed by atoms with Crippen LogP contribution in [0.3, 0.4) is 0 Å². The first-order valence-electron chi connectivity index (χ1n) is 9.48. The molecule has 3 rings (SSSR count). The molecule has 1 N–H and O–H groups in total. The summed E-state index contributed by atoms with van der Waals surface area (Å²) >= 11 is 0. The molecule has 6 heteroatoms. The van der Waals surface area contributed by atoms with Crippen LogP contribution < -0.4 is 5.32 Å². The SMILES string of the molecule is CC(C)c1ccccc1NC(=O)c1cccc(C(=O)N2CCN(C=O)CC2)c1. The maximum Gasteiger partial charge on any atom is 0.255 e. The Hall–Kier alpha value is -3.15. The van der Waals surface area contributed by atoms with Crippen molar-refractivity contribution in [2.24, 2.45) is 0 Å². The highest BCUT2D eigenvalue weighted by Crippen LogP contribution is 2.24. The number of nitrogens with one attached hydrogen (secondary N) is 1. The fourth-order valence-corrected chi connectivity index (χ4v) is 3.32. The zero-order valence-corrected chi connectivity index (χ0v) is 16.2. The van der Waals surface area contributed by atoms with Crippen molar-refractivity contribution in [1.29, 1.82) is 0 Å². The van der Waals surface area contributed by atoms with Gasteiger partial charge in [-0.25, -0.2) is 0 Å². The van der Waals surface area contributed by atoms with E-state index in [1.165, 1.54) is 0 Å². The molecule has 0 aliphatic carbocycles. The molecular weight excluding hydrogens is 354 g/mol. The van der Waals surface area contributed by atoms with E-state index in [2.05, 4.69) is 19.2 Å². The lowest BCUT2D eigenvalue weighted by Crippen LogP contribution is -2.48. The molecule has 0 aromatic heterocycles. The Kier molecular flexibility index (Phi) is 6.09. The summed E-state index contributed by atoms with van der Waals surface area (Å²) in [6, 6.07) is 14.5. The molecule has 28 heavy (non-hydrogen) atoms. The summed E-state index contributed by atoms with van der Waals surface area (Å²) < 4.78 is 0. The summed E-state index contributed by atoms with van der Waals surface area (Å²) in [4.78, 5) is 39.7. The van der Waals surface area contributed by atoms with Gasteiger partial charge in [0, 0.05) is 43.0 Å². The number of rotatable bonds is 5. The van der Waals surface area contributed by atoms with Crippen molar-refractivity contribution in [1.82, 2.24) is 9.80 Å². The minimum Gasteiger partial charge on any atom is -0.342 e. The number of amides is 3. The molecule has 3 amide bonds. The van der Waals surface area contributed by atoms with E-state index in [-0.39, 0.29) is 17.7 Å². The van der Waals surface area contributed by atoms with E-state index >= 15 is 0 Å². The highest BCUT2D eigenvalue weighted by molar-refractivity contribution is 6.06. The summed E-state index contributed by atoms with van der Waals surface area (Å²) in [5.74, 6) is -0.0780. The number of hydrogen-bond donors (Lipinski definition) is 1. The molecule has 2 aromatic rings. The lowest BCUT2D eigenvalue weighted by atomic mass is 10.0. The Labute approximate surface area is 165 Å². The average Bonchev–Trinajstić information content (AvgIpc) is 2.73. The van der Waals surface area contributed by atoms with Crippen molar-refractivity contribution < 1.29 is 14.4 Å². The largest absolute Gasteiger partial charge is 0.342 e. The molecule has 0 spiro atoms. The molecule has 1 fully saturated rings. The second-order valence-corrected chi connectivity index (χ2v) is 7.21.